The summed E-state index contributed by atoms with van der Waals surface area (Å²) >= 11 is 2.98. The van der Waals surface area contributed by atoms with Crippen LogP contribution in [0, 0.1) is 5.82 Å². The maximum atomic E-state index is 13.4. The van der Waals surface area contributed by atoms with Gasteiger partial charge in [-0.25, -0.2) is 4.39 Å². The summed E-state index contributed by atoms with van der Waals surface area (Å²) in [5, 5.41) is 10.1. The van der Waals surface area contributed by atoms with Crippen LogP contribution in [0.2, 0.25) is 0 Å². The molecule has 2 aromatic rings. The molecule has 20 heavy (non-hydrogen) atoms. The molecular formula is C14H9BrF4O. The summed E-state index contributed by atoms with van der Waals surface area (Å²) in [6.45, 7) is 0. The van der Waals surface area contributed by atoms with Crippen molar-refractivity contribution in [3.8, 4) is 0 Å². The zero-order valence-electron chi connectivity index (χ0n) is 9.96. The van der Waals surface area contributed by atoms with E-state index in [4.69, 9.17) is 0 Å². The van der Waals surface area contributed by atoms with E-state index >= 15 is 0 Å². The van der Waals surface area contributed by atoms with Crippen molar-refractivity contribution in [1.29, 1.82) is 0 Å². The minimum Gasteiger partial charge on any atom is -0.384 e. The van der Waals surface area contributed by atoms with E-state index < -0.39 is 23.7 Å². The molecular weight excluding hydrogens is 340 g/mol. The molecule has 2 rings (SSSR count). The SMILES string of the molecule is OC(c1ccccc1)c1cc(C(F)(F)F)c(F)cc1Br. The van der Waals surface area contributed by atoms with Crippen LogP contribution in [0.1, 0.15) is 22.8 Å². The van der Waals surface area contributed by atoms with Crippen LogP contribution >= 0.6 is 15.9 Å². The Kier molecular flexibility index (Phi) is 4.15. The van der Waals surface area contributed by atoms with Crippen LogP contribution < -0.4 is 0 Å². The molecule has 0 bridgehead atoms. The third-order valence-corrected chi connectivity index (χ3v) is 3.49. The number of hydrogen-bond donors (Lipinski definition) is 1. The molecule has 106 valence electrons. The predicted molar refractivity (Wildman–Crippen MR) is 69.6 cm³/mol. The number of aliphatic hydroxyl groups is 1. The molecule has 1 atom stereocenters. The second kappa shape index (κ2) is 5.54. The first-order valence-corrected chi connectivity index (χ1v) is 6.39. The molecule has 2 aromatic carbocycles. The van der Waals surface area contributed by atoms with Crippen molar-refractivity contribution in [2.75, 3.05) is 0 Å². The molecule has 0 aliphatic rings. The fourth-order valence-electron chi connectivity index (χ4n) is 1.81. The van der Waals surface area contributed by atoms with Crippen molar-refractivity contribution in [1.82, 2.24) is 0 Å². The first-order chi connectivity index (χ1) is 9.30. The molecule has 0 aromatic heterocycles. The second-order valence-corrected chi connectivity index (χ2v) is 5.02. The van der Waals surface area contributed by atoms with Gasteiger partial charge in [0, 0.05) is 4.47 Å². The van der Waals surface area contributed by atoms with E-state index in [1.165, 1.54) is 0 Å². The third-order valence-electron chi connectivity index (χ3n) is 2.80. The average molecular weight is 349 g/mol. The zero-order chi connectivity index (χ0) is 14.9. The predicted octanol–water partition coefficient (Wildman–Crippen LogP) is 4.69. The number of rotatable bonds is 2. The van der Waals surface area contributed by atoms with Crippen LogP contribution in [0.3, 0.4) is 0 Å². The summed E-state index contributed by atoms with van der Waals surface area (Å²) in [5.74, 6) is -1.38. The summed E-state index contributed by atoms with van der Waals surface area (Å²) in [5.41, 5.74) is -1.01. The average Bonchev–Trinajstić information content (AvgIpc) is 2.37. The Morgan fingerprint density at radius 1 is 1.05 bits per heavy atom. The third kappa shape index (κ3) is 3.02. The van der Waals surface area contributed by atoms with Crippen LogP contribution in [0.25, 0.3) is 0 Å². The van der Waals surface area contributed by atoms with E-state index in [1.807, 2.05) is 0 Å². The molecule has 0 aliphatic carbocycles. The normalized spacial score (nSPS) is 13.3. The standard InChI is InChI=1S/C14H9BrF4O/c15-11-7-12(16)10(14(17,18)19)6-9(11)13(20)8-4-2-1-3-5-8/h1-7,13,20H. The number of halogens is 5. The van der Waals surface area contributed by atoms with Gasteiger partial charge in [-0.3, -0.25) is 0 Å². The van der Waals surface area contributed by atoms with Gasteiger partial charge in [0.05, 0.1) is 5.56 Å². The van der Waals surface area contributed by atoms with Gasteiger partial charge in [-0.1, -0.05) is 46.3 Å². The van der Waals surface area contributed by atoms with Gasteiger partial charge in [-0.2, -0.15) is 13.2 Å². The van der Waals surface area contributed by atoms with Crippen LogP contribution in [-0.4, -0.2) is 5.11 Å². The highest BCUT2D eigenvalue weighted by Gasteiger charge is 2.35. The van der Waals surface area contributed by atoms with Crippen molar-refractivity contribution in [3.05, 3.63) is 69.4 Å². The molecule has 0 fully saturated rings. The van der Waals surface area contributed by atoms with Gasteiger partial charge in [0.15, 0.2) is 0 Å². The zero-order valence-corrected chi connectivity index (χ0v) is 11.5. The molecule has 0 radical (unpaired) electrons. The first-order valence-electron chi connectivity index (χ1n) is 5.60. The van der Waals surface area contributed by atoms with Crippen LogP contribution in [-0.2, 0) is 6.18 Å². The summed E-state index contributed by atoms with van der Waals surface area (Å²) in [6, 6.07) is 9.52. The lowest BCUT2D eigenvalue weighted by molar-refractivity contribution is -0.140. The maximum absolute atomic E-state index is 13.4. The summed E-state index contributed by atoms with van der Waals surface area (Å²) in [6.07, 6.45) is -6.08. The van der Waals surface area contributed by atoms with E-state index in [9.17, 15) is 22.7 Å². The number of benzene rings is 2. The van der Waals surface area contributed by atoms with Crippen molar-refractivity contribution in [2.45, 2.75) is 12.3 Å². The van der Waals surface area contributed by atoms with E-state index in [1.54, 1.807) is 30.3 Å². The Bertz CT molecular complexity index is 611. The van der Waals surface area contributed by atoms with Gasteiger partial charge in [0.25, 0.3) is 0 Å². The van der Waals surface area contributed by atoms with Crippen LogP contribution in [0.5, 0.6) is 0 Å². The van der Waals surface area contributed by atoms with Gasteiger partial charge in [-0.05, 0) is 23.3 Å². The van der Waals surface area contributed by atoms with Crippen LogP contribution in [0.4, 0.5) is 17.6 Å². The second-order valence-electron chi connectivity index (χ2n) is 4.16. The molecule has 0 saturated carbocycles. The van der Waals surface area contributed by atoms with Gasteiger partial charge < -0.3 is 5.11 Å². The maximum Gasteiger partial charge on any atom is 0.419 e. The highest BCUT2D eigenvalue weighted by atomic mass is 79.9. The Balaban J connectivity index is 2.52. The van der Waals surface area contributed by atoms with Gasteiger partial charge in [0.1, 0.15) is 11.9 Å². The molecule has 0 aliphatic heterocycles. The summed E-state index contributed by atoms with van der Waals surface area (Å²) in [7, 11) is 0. The molecule has 0 amide bonds. The largest absolute Gasteiger partial charge is 0.419 e. The topological polar surface area (TPSA) is 20.2 Å². The lowest BCUT2D eigenvalue weighted by Gasteiger charge is -2.16. The summed E-state index contributed by atoms with van der Waals surface area (Å²) in [4.78, 5) is 0. The lowest BCUT2D eigenvalue weighted by Crippen LogP contribution is -2.11. The smallest absolute Gasteiger partial charge is 0.384 e. The molecule has 6 heteroatoms. The fourth-order valence-corrected chi connectivity index (χ4v) is 2.34. The Morgan fingerprint density at radius 3 is 2.20 bits per heavy atom. The van der Waals surface area contributed by atoms with E-state index in [2.05, 4.69) is 15.9 Å². The summed E-state index contributed by atoms with van der Waals surface area (Å²) < 4.78 is 51.5. The Morgan fingerprint density at radius 2 is 1.65 bits per heavy atom. The quantitative estimate of drug-likeness (QED) is 0.780. The van der Waals surface area contributed by atoms with Gasteiger partial charge in [-0.15, -0.1) is 0 Å². The molecule has 0 heterocycles. The molecule has 1 unspecified atom stereocenters. The first kappa shape index (κ1) is 15.0. The molecule has 1 N–H and O–H groups in total. The van der Waals surface area contributed by atoms with E-state index in [0.717, 1.165) is 0 Å². The van der Waals surface area contributed by atoms with Crippen molar-refractivity contribution >= 4 is 15.9 Å². The van der Waals surface area contributed by atoms with E-state index in [0.29, 0.717) is 17.7 Å². The Hall–Kier alpha value is -1.40. The van der Waals surface area contributed by atoms with Crippen molar-refractivity contribution < 1.29 is 22.7 Å². The minimum atomic E-state index is -4.81. The number of aliphatic hydroxyl groups excluding tert-OH is 1. The highest BCUT2D eigenvalue weighted by Crippen LogP contribution is 2.37. The van der Waals surface area contributed by atoms with Gasteiger partial charge in [0.2, 0.25) is 0 Å². The molecule has 0 spiro atoms. The van der Waals surface area contributed by atoms with Crippen LogP contribution in [0.15, 0.2) is 46.9 Å². The Labute approximate surface area is 121 Å². The fraction of sp³-hybridized carbons (Fsp3) is 0.143. The minimum absolute atomic E-state index is 0.0371. The number of hydrogen-bond acceptors (Lipinski definition) is 1. The van der Waals surface area contributed by atoms with E-state index in [-0.39, 0.29) is 10.0 Å². The lowest BCUT2D eigenvalue weighted by atomic mass is 9.99. The van der Waals surface area contributed by atoms with Crippen molar-refractivity contribution in [2.24, 2.45) is 0 Å². The monoisotopic (exact) mass is 348 g/mol. The number of alkyl halides is 3. The van der Waals surface area contributed by atoms with Gasteiger partial charge >= 0.3 is 6.18 Å². The van der Waals surface area contributed by atoms with Crippen molar-refractivity contribution in [3.63, 3.8) is 0 Å². The molecule has 1 nitrogen and oxygen atoms in total. The molecule has 0 saturated heterocycles. The highest BCUT2D eigenvalue weighted by molar-refractivity contribution is 9.10.